The highest BCUT2D eigenvalue weighted by atomic mass is 32.2. The van der Waals surface area contributed by atoms with Gasteiger partial charge >= 0.3 is 0 Å². The molecule has 1 unspecified atom stereocenters. The van der Waals surface area contributed by atoms with Gasteiger partial charge in [0.05, 0.1) is 0 Å². The molecule has 1 N–H and O–H groups in total. The lowest BCUT2D eigenvalue weighted by Crippen LogP contribution is -2.22. The van der Waals surface area contributed by atoms with Gasteiger partial charge in [0.15, 0.2) is 0 Å². The molecule has 0 aromatic rings. The van der Waals surface area contributed by atoms with Gasteiger partial charge in [-0.2, -0.15) is 16.9 Å². The Morgan fingerprint density at radius 1 is 1.67 bits per heavy atom. The number of hydrazone groups is 1. The van der Waals surface area contributed by atoms with Crippen molar-refractivity contribution >= 4 is 17.5 Å². The predicted octanol–water partition coefficient (Wildman–Crippen LogP) is 0.699. The first-order valence-electron chi connectivity index (χ1n) is 3.34. The summed E-state index contributed by atoms with van der Waals surface area (Å²) in [4.78, 5) is 0. The summed E-state index contributed by atoms with van der Waals surface area (Å²) in [6, 6.07) is 0. The molecule has 0 aromatic carbocycles. The summed E-state index contributed by atoms with van der Waals surface area (Å²) in [5, 5.41) is 4.21. The maximum atomic E-state index is 4.21. The van der Waals surface area contributed by atoms with E-state index in [9.17, 15) is 0 Å². The van der Waals surface area contributed by atoms with E-state index in [2.05, 4.69) is 22.3 Å². The summed E-state index contributed by atoms with van der Waals surface area (Å²) in [5.41, 5.74) is 4.45. The molecule has 2 rings (SSSR count). The Hall–Kier alpha value is -0.180. The highest BCUT2D eigenvalue weighted by Crippen LogP contribution is 2.22. The first-order valence-corrected chi connectivity index (χ1v) is 4.49. The minimum Gasteiger partial charge on any atom is -0.309 e. The molecule has 0 radical (unpaired) electrons. The minimum atomic E-state index is 0.767. The van der Waals surface area contributed by atoms with Crippen molar-refractivity contribution in [2.75, 3.05) is 18.1 Å². The van der Waals surface area contributed by atoms with Crippen LogP contribution in [0.15, 0.2) is 5.10 Å². The maximum absolute atomic E-state index is 4.21. The van der Waals surface area contributed by atoms with Crippen molar-refractivity contribution in [1.29, 1.82) is 0 Å². The molecule has 1 atom stereocenters. The predicted molar refractivity (Wildman–Crippen MR) is 40.9 cm³/mol. The molecule has 1 fully saturated rings. The number of rotatable bonds is 0. The minimum absolute atomic E-state index is 0.767. The summed E-state index contributed by atoms with van der Waals surface area (Å²) < 4.78 is 0. The Kier molecular flexibility index (Phi) is 1.38. The number of nitrogens with one attached hydrogen (secondary N) is 1. The zero-order valence-corrected chi connectivity index (χ0v) is 6.08. The van der Waals surface area contributed by atoms with E-state index in [1.807, 2.05) is 0 Å². The molecule has 2 aliphatic rings. The quantitative estimate of drug-likeness (QED) is 0.538. The molecule has 0 spiro atoms. The van der Waals surface area contributed by atoms with Crippen LogP contribution in [-0.4, -0.2) is 23.8 Å². The smallest absolute Gasteiger partial charge is 0.0443 e. The van der Waals surface area contributed by atoms with Crippen molar-refractivity contribution in [2.24, 2.45) is 11.0 Å². The van der Waals surface area contributed by atoms with Gasteiger partial charge in [-0.3, -0.25) is 0 Å². The second kappa shape index (κ2) is 2.21. The molecular weight excluding hydrogens is 132 g/mol. The van der Waals surface area contributed by atoms with Crippen LogP contribution in [0.25, 0.3) is 0 Å². The Balaban J connectivity index is 2.09. The van der Waals surface area contributed by atoms with Crippen LogP contribution in [-0.2, 0) is 0 Å². The summed E-state index contributed by atoms with van der Waals surface area (Å²) in [6.45, 7) is 1.09. The fourth-order valence-electron chi connectivity index (χ4n) is 1.28. The standard InChI is InChI=1S/C6H10N2S/c1-2-9-4-5-3-7-8-6(1)5/h5,7H,1-4H2. The molecule has 2 nitrogen and oxygen atoms in total. The zero-order chi connectivity index (χ0) is 6.10. The van der Waals surface area contributed by atoms with E-state index in [0.717, 1.165) is 12.5 Å². The Morgan fingerprint density at radius 2 is 2.67 bits per heavy atom. The van der Waals surface area contributed by atoms with Gasteiger partial charge in [-0.05, 0) is 12.2 Å². The van der Waals surface area contributed by atoms with Crippen LogP contribution in [0.1, 0.15) is 6.42 Å². The number of nitrogens with zero attached hydrogens (tertiary/aromatic N) is 1. The summed E-state index contributed by atoms with van der Waals surface area (Å²) >= 11 is 2.05. The highest BCUT2D eigenvalue weighted by Gasteiger charge is 2.23. The first kappa shape index (κ1) is 5.59. The van der Waals surface area contributed by atoms with Crippen molar-refractivity contribution in [3.63, 3.8) is 0 Å². The third kappa shape index (κ3) is 0.936. The molecular formula is C6H10N2S. The Morgan fingerprint density at radius 3 is 3.56 bits per heavy atom. The molecule has 2 heterocycles. The van der Waals surface area contributed by atoms with Crippen LogP contribution in [0.3, 0.4) is 0 Å². The molecule has 0 amide bonds. The molecule has 0 aliphatic carbocycles. The van der Waals surface area contributed by atoms with Gasteiger partial charge in [0.1, 0.15) is 0 Å². The van der Waals surface area contributed by atoms with E-state index in [0.29, 0.717) is 0 Å². The molecule has 1 saturated heterocycles. The number of hydrogen-bond donors (Lipinski definition) is 1. The monoisotopic (exact) mass is 142 g/mol. The lowest BCUT2D eigenvalue weighted by atomic mass is 10.0. The maximum Gasteiger partial charge on any atom is 0.0443 e. The van der Waals surface area contributed by atoms with E-state index in [1.54, 1.807) is 0 Å². The lowest BCUT2D eigenvalue weighted by molar-refractivity contribution is 0.709. The van der Waals surface area contributed by atoms with Crippen LogP contribution >= 0.6 is 11.8 Å². The van der Waals surface area contributed by atoms with Crippen LogP contribution in [0.2, 0.25) is 0 Å². The summed E-state index contributed by atoms with van der Waals surface area (Å²) in [5.74, 6) is 3.33. The fraction of sp³-hybridized carbons (Fsp3) is 0.833. The average Bonchev–Trinajstić information content (AvgIpc) is 2.33. The largest absolute Gasteiger partial charge is 0.309 e. The molecule has 9 heavy (non-hydrogen) atoms. The average molecular weight is 142 g/mol. The van der Waals surface area contributed by atoms with Gasteiger partial charge in [-0.15, -0.1) is 0 Å². The second-order valence-electron chi connectivity index (χ2n) is 2.49. The van der Waals surface area contributed by atoms with Crippen molar-refractivity contribution in [3.8, 4) is 0 Å². The Labute approximate surface area is 59.1 Å². The second-order valence-corrected chi connectivity index (χ2v) is 3.64. The van der Waals surface area contributed by atoms with Gasteiger partial charge < -0.3 is 5.43 Å². The third-order valence-corrected chi connectivity index (χ3v) is 2.98. The summed E-state index contributed by atoms with van der Waals surface area (Å²) in [7, 11) is 0. The number of hydrogen-bond acceptors (Lipinski definition) is 3. The molecule has 0 aromatic heterocycles. The molecule has 2 aliphatic heterocycles. The van der Waals surface area contributed by atoms with Crippen LogP contribution < -0.4 is 5.43 Å². The van der Waals surface area contributed by atoms with Gasteiger partial charge in [0.2, 0.25) is 0 Å². The SMILES string of the molecule is C1CC2=NNCC2CS1. The van der Waals surface area contributed by atoms with Crippen LogP contribution in [0, 0.1) is 5.92 Å². The molecule has 50 valence electrons. The van der Waals surface area contributed by atoms with Crippen LogP contribution in [0.4, 0.5) is 0 Å². The number of thioether (sulfide) groups is 1. The van der Waals surface area contributed by atoms with E-state index in [1.165, 1.54) is 23.6 Å². The highest BCUT2D eigenvalue weighted by molar-refractivity contribution is 7.99. The summed E-state index contributed by atoms with van der Waals surface area (Å²) in [6.07, 6.45) is 1.21. The van der Waals surface area contributed by atoms with Crippen molar-refractivity contribution in [2.45, 2.75) is 6.42 Å². The van der Waals surface area contributed by atoms with E-state index < -0.39 is 0 Å². The molecule has 0 saturated carbocycles. The van der Waals surface area contributed by atoms with Gasteiger partial charge in [0.25, 0.3) is 0 Å². The van der Waals surface area contributed by atoms with Gasteiger partial charge in [0, 0.05) is 23.9 Å². The van der Waals surface area contributed by atoms with Crippen LogP contribution in [0.5, 0.6) is 0 Å². The van der Waals surface area contributed by atoms with E-state index >= 15 is 0 Å². The first-order chi connectivity index (χ1) is 4.47. The zero-order valence-electron chi connectivity index (χ0n) is 5.26. The fourth-order valence-corrected chi connectivity index (χ4v) is 2.40. The van der Waals surface area contributed by atoms with Crippen molar-refractivity contribution in [1.82, 2.24) is 5.43 Å². The Bertz CT molecular complexity index is 144. The normalized spacial score (nSPS) is 32.9. The molecule has 0 bridgehead atoms. The number of fused-ring (bicyclic) bond motifs is 1. The lowest BCUT2D eigenvalue weighted by Gasteiger charge is -2.15. The van der Waals surface area contributed by atoms with Crippen molar-refractivity contribution < 1.29 is 0 Å². The van der Waals surface area contributed by atoms with Crippen molar-refractivity contribution in [3.05, 3.63) is 0 Å². The van der Waals surface area contributed by atoms with Gasteiger partial charge in [-0.25, -0.2) is 0 Å². The third-order valence-electron chi connectivity index (χ3n) is 1.85. The van der Waals surface area contributed by atoms with Gasteiger partial charge in [-0.1, -0.05) is 0 Å². The molecule has 3 heteroatoms. The topological polar surface area (TPSA) is 24.4 Å². The van der Waals surface area contributed by atoms with E-state index in [-0.39, 0.29) is 0 Å². The van der Waals surface area contributed by atoms with E-state index in [4.69, 9.17) is 0 Å².